The third kappa shape index (κ3) is 4.46. The SMILES string of the molecule is CCCC(=O)NCc1cccc(C(F)(F)F)c1. The van der Waals surface area contributed by atoms with Gasteiger partial charge in [0.15, 0.2) is 0 Å². The summed E-state index contributed by atoms with van der Waals surface area (Å²) in [7, 11) is 0. The van der Waals surface area contributed by atoms with Crippen molar-refractivity contribution in [3.63, 3.8) is 0 Å². The Bertz CT molecular complexity index is 388. The number of carbonyl (C=O) groups excluding carboxylic acids is 1. The molecule has 0 fully saturated rings. The van der Waals surface area contributed by atoms with Crippen molar-refractivity contribution in [1.29, 1.82) is 0 Å². The van der Waals surface area contributed by atoms with Crippen molar-refractivity contribution in [2.45, 2.75) is 32.5 Å². The van der Waals surface area contributed by atoms with Gasteiger partial charge < -0.3 is 5.32 Å². The summed E-state index contributed by atoms with van der Waals surface area (Å²) in [6.45, 7) is 1.99. The molecule has 1 N–H and O–H groups in total. The van der Waals surface area contributed by atoms with Crippen LogP contribution in [0.4, 0.5) is 13.2 Å². The molecule has 0 radical (unpaired) electrons. The third-order valence-corrected chi connectivity index (χ3v) is 2.22. The molecule has 0 bridgehead atoms. The van der Waals surface area contributed by atoms with E-state index in [4.69, 9.17) is 0 Å². The molecule has 0 aliphatic heterocycles. The Morgan fingerprint density at radius 3 is 2.65 bits per heavy atom. The fourth-order valence-electron chi connectivity index (χ4n) is 1.37. The molecule has 1 rings (SSSR count). The first-order valence-corrected chi connectivity index (χ1v) is 5.36. The Morgan fingerprint density at radius 2 is 2.06 bits per heavy atom. The number of hydrogen-bond acceptors (Lipinski definition) is 1. The lowest BCUT2D eigenvalue weighted by molar-refractivity contribution is -0.137. The Balaban J connectivity index is 2.64. The highest BCUT2D eigenvalue weighted by Gasteiger charge is 2.30. The highest BCUT2D eigenvalue weighted by Crippen LogP contribution is 2.29. The average Bonchev–Trinajstić information content (AvgIpc) is 2.26. The summed E-state index contributed by atoms with van der Waals surface area (Å²) in [5.74, 6) is -0.148. The average molecular weight is 245 g/mol. The Kier molecular flexibility index (Phi) is 4.54. The second-order valence-corrected chi connectivity index (χ2v) is 3.72. The van der Waals surface area contributed by atoms with E-state index in [9.17, 15) is 18.0 Å². The predicted molar refractivity (Wildman–Crippen MR) is 58.2 cm³/mol. The number of halogens is 3. The molecule has 5 heteroatoms. The maximum Gasteiger partial charge on any atom is 0.416 e. The lowest BCUT2D eigenvalue weighted by Gasteiger charge is -2.09. The lowest BCUT2D eigenvalue weighted by atomic mass is 10.1. The maximum atomic E-state index is 12.4. The molecule has 94 valence electrons. The van der Waals surface area contributed by atoms with Gasteiger partial charge in [0, 0.05) is 13.0 Å². The van der Waals surface area contributed by atoms with Gasteiger partial charge >= 0.3 is 6.18 Å². The largest absolute Gasteiger partial charge is 0.416 e. The van der Waals surface area contributed by atoms with Crippen LogP contribution in [0, 0.1) is 0 Å². The van der Waals surface area contributed by atoms with E-state index in [0.717, 1.165) is 12.1 Å². The summed E-state index contributed by atoms with van der Waals surface area (Å²) in [6.07, 6.45) is -3.24. The summed E-state index contributed by atoms with van der Waals surface area (Å²) in [5.41, 5.74) is -0.246. The minimum absolute atomic E-state index is 0.128. The smallest absolute Gasteiger partial charge is 0.352 e. The number of rotatable bonds is 4. The van der Waals surface area contributed by atoms with Crippen LogP contribution in [-0.4, -0.2) is 5.91 Å². The zero-order valence-electron chi connectivity index (χ0n) is 9.47. The molecule has 0 saturated heterocycles. The van der Waals surface area contributed by atoms with Gasteiger partial charge in [-0.25, -0.2) is 0 Å². The van der Waals surface area contributed by atoms with E-state index in [1.165, 1.54) is 6.07 Å². The van der Waals surface area contributed by atoms with E-state index >= 15 is 0 Å². The van der Waals surface area contributed by atoms with Crippen molar-refractivity contribution in [2.75, 3.05) is 0 Å². The van der Waals surface area contributed by atoms with Crippen molar-refractivity contribution < 1.29 is 18.0 Å². The van der Waals surface area contributed by atoms with Gasteiger partial charge in [-0.2, -0.15) is 13.2 Å². The first-order chi connectivity index (χ1) is 7.93. The molecule has 0 atom stereocenters. The number of hydrogen-bond donors (Lipinski definition) is 1. The van der Waals surface area contributed by atoms with Crippen LogP contribution >= 0.6 is 0 Å². The number of nitrogens with one attached hydrogen (secondary N) is 1. The zero-order valence-corrected chi connectivity index (χ0v) is 9.47. The Morgan fingerprint density at radius 1 is 1.35 bits per heavy atom. The van der Waals surface area contributed by atoms with Gasteiger partial charge in [0.05, 0.1) is 5.56 Å². The number of carbonyl (C=O) groups is 1. The van der Waals surface area contributed by atoms with Crippen molar-refractivity contribution in [3.8, 4) is 0 Å². The first-order valence-electron chi connectivity index (χ1n) is 5.36. The first kappa shape index (κ1) is 13.5. The summed E-state index contributed by atoms with van der Waals surface area (Å²) in [6, 6.07) is 4.95. The molecule has 2 nitrogen and oxygen atoms in total. The molecule has 1 aromatic carbocycles. The van der Waals surface area contributed by atoms with Crippen LogP contribution in [-0.2, 0) is 17.5 Å². The lowest BCUT2D eigenvalue weighted by Crippen LogP contribution is -2.22. The zero-order chi connectivity index (χ0) is 12.9. The fourth-order valence-corrected chi connectivity index (χ4v) is 1.37. The van der Waals surface area contributed by atoms with E-state index in [1.807, 2.05) is 6.92 Å². The summed E-state index contributed by atoms with van der Waals surface area (Å²) < 4.78 is 37.2. The van der Waals surface area contributed by atoms with Crippen LogP contribution in [0.25, 0.3) is 0 Å². The molecule has 0 unspecified atom stereocenters. The molecule has 0 aromatic heterocycles. The molecule has 0 aliphatic rings. The summed E-state index contributed by atoms with van der Waals surface area (Å²) >= 11 is 0. The van der Waals surface area contributed by atoms with Gasteiger partial charge in [-0.05, 0) is 24.1 Å². The van der Waals surface area contributed by atoms with Gasteiger partial charge in [0.2, 0.25) is 5.91 Å². The van der Waals surface area contributed by atoms with Gasteiger partial charge in [0.1, 0.15) is 0 Å². The van der Waals surface area contributed by atoms with E-state index in [2.05, 4.69) is 5.32 Å². The van der Waals surface area contributed by atoms with Gasteiger partial charge in [0.25, 0.3) is 0 Å². The maximum absolute atomic E-state index is 12.4. The van der Waals surface area contributed by atoms with Crippen molar-refractivity contribution in [2.24, 2.45) is 0 Å². The molecule has 0 saturated carbocycles. The summed E-state index contributed by atoms with van der Waals surface area (Å²) in [5, 5.41) is 2.57. The second kappa shape index (κ2) is 5.70. The topological polar surface area (TPSA) is 29.1 Å². The van der Waals surface area contributed by atoms with E-state index < -0.39 is 11.7 Å². The molecule has 1 aromatic rings. The fraction of sp³-hybridized carbons (Fsp3) is 0.417. The highest BCUT2D eigenvalue weighted by molar-refractivity contribution is 5.75. The van der Waals surface area contributed by atoms with Crippen LogP contribution in [0.1, 0.15) is 30.9 Å². The van der Waals surface area contributed by atoms with Crippen LogP contribution in [0.15, 0.2) is 24.3 Å². The van der Waals surface area contributed by atoms with Crippen molar-refractivity contribution in [1.82, 2.24) is 5.32 Å². The minimum Gasteiger partial charge on any atom is -0.352 e. The molecular formula is C12H14F3NO. The molecule has 17 heavy (non-hydrogen) atoms. The Labute approximate surface area is 97.8 Å². The molecular weight excluding hydrogens is 231 g/mol. The van der Waals surface area contributed by atoms with Crippen LogP contribution in [0.2, 0.25) is 0 Å². The molecule has 0 aliphatic carbocycles. The normalized spacial score (nSPS) is 11.3. The molecule has 0 heterocycles. The van der Waals surface area contributed by atoms with Gasteiger partial charge in [-0.3, -0.25) is 4.79 Å². The summed E-state index contributed by atoms with van der Waals surface area (Å²) in [4.78, 5) is 11.2. The van der Waals surface area contributed by atoms with E-state index in [0.29, 0.717) is 18.4 Å². The second-order valence-electron chi connectivity index (χ2n) is 3.72. The van der Waals surface area contributed by atoms with E-state index in [1.54, 1.807) is 6.07 Å². The van der Waals surface area contributed by atoms with E-state index in [-0.39, 0.29) is 12.5 Å². The van der Waals surface area contributed by atoms with Crippen LogP contribution < -0.4 is 5.32 Å². The third-order valence-electron chi connectivity index (χ3n) is 2.22. The minimum atomic E-state index is -4.34. The van der Waals surface area contributed by atoms with Crippen LogP contribution in [0.5, 0.6) is 0 Å². The molecule has 1 amide bonds. The predicted octanol–water partition coefficient (Wildman–Crippen LogP) is 3.12. The quantitative estimate of drug-likeness (QED) is 0.867. The van der Waals surface area contributed by atoms with Gasteiger partial charge in [-0.15, -0.1) is 0 Å². The van der Waals surface area contributed by atoms with Crippen molar-refractivity contribution in [3.05, 3.63) is 35.4 Å². The Hall–Kier alpha value is -1.52. The number of alkyl halides is 3. The monoisotopic (exact) mass is 245 g/mol. The molecule has 0 spiro atoms. The van der Waals surface area contributed by atoms with Gasteiger partial charge in [-0.1, -0.05) is 19.1 Å². The number of amides is 1. The standard InChI is InChI=1S/C12H14F3NO/c1-2-4-11(17)16-8-9-5-3-6-10(7-9)12(13,14)15/h3,5-7H,2,4,8H2,1H3,(H,16,17). The van der Waals surface area contributed by atoms with Crippen LogP contribution in [0.3, 0.4) is 0 Å². The number of benzene rings is 1. The highest BCUT2D eigenvalue weighted by atomic mass is 19.4. The van der Waals surface area contributed by atoms with Crippen molar-refractivity contribution >= 4 is 5.91 Å².